The first-order valence-electron chi connectivity index (χ1n) is 5.44. The van der Waals surface area contributed by atoms with Gasteiger partial charge in [0.1, 0.15) is 23.2 Å². The van der Waals surface area contributed by atoms with Crippen molar-refractivity contribution < 1.29 is 23.8 Å². The van der Waals surface area contributed by atoms with Crippen LogP contribution < -0.4 is 4.74 Å². The van der Waals surface area contributed by atoms with Crippen LogP contribution in [0.4, 0.5) is 4.39 Å². The van der Waals surface area contributed by atoms with Crippen molar-refractivity contribution in [2.45, 2.75) is 18.9 Å². The second kappa shape index (κ2) is 5.14. The molecular weight excluding hydrogens is 227 g/mol. The molecule has 1 fully saturated rings. The molecule has 0 bridgehead atoms. The maximum Gasteiger partial charge on any atom is 0.339 e. The van der Waals surface area contributed by atoms with Crippen LogP contribution in [0.3, 0.4) is 0 Å². The fourth-order valence-electron chi connectivity index (χ4n) is 1.74. The van der Waals surface area contributed by atoms with Crippen molar-refractivity contribution in [1.82, 2.24) is 0 Å². The molecule has 0 aliphatic carbocycles. The SMILES string of the molecule is O=C(O)c1ccc(F)cc1OC1CCOCC1. The van der Waals surface area contributed by atoms with Crippen molar-refractivity contribution in [2.75, 3.05) is 13.2 Å². The molecule has 0 atom stereocenters. The third-order valence-electron chi connectivity index (χ3n) is 2.64. The van der Waals surface area contributed by atoms with Crippen LogP contribution in [0.2, 0.25) is 0 Å². The van der Waals surface area contributed by atoms with Gasteiger partial charge in [-0.1, -0.05) is 0 Å². The molecule has 1 saturated heterocycles. The van der Waals surface area contributed by atoms with E-state index in [2.05, 4.69) is 0 Å². The lowest BCUT2D eigenvalue weighted by Crippen LogP contribution is -2.26. The fourth-order valence-corrected chi connectivity index (χ4v) is 1.74. The number of hydrogen-bond donors (Lipinski definition) is 1. The molecule has 0 unspecified atom stereocenters. The van der Waals surface area contributed by atoms with E-state index in [0.29, 0.717) is 26.1 Å². The van der Waals surface area contributed by atoms with Crippen LogP contribution in [-0.2, 0) is 4.74 Å². The van der Waals surface area contributed by atoms with Gasteiger partial charge in [0.25, 0.3) is 0 Å². The highest BCUT2D eigenvalue weighted by Crippen LogP contribution is 2.23. The van der Waals surface area contributed by atoms with E-state index in [9.17, 15) is 9.18 Å². The van der Waals surface area contributed by atoms with Crippen LogP contribution in [0.15, 0.2) is 18.2 Å². The van der Waals surface area contributed by atoms with Gasteiger partial charge in [0.15, 0.2) is 0 Å². The minimum atomic E-state index is -1.12. The van der Waals surface area contributed by atoms with Gasteiger partial charge in [0.2, 0.25) is 0 Å². The minimum absolute atomic E-state index is 0.0158. The highest BCUT2D eigenvalue weighted by Gasteiger charge is 2.19. The average molecular weight is 240 g/mol. The second-order valence-electron chi connectivity index (χ2n) is 3.88. The van der Waals surface area contributed by atoms with Gasteiger partial charge in [0.05, 0.1) is 13.2 Å². The zero-order valence-electron chi connectivity index (χ0n) is 9.19. The summed E-state index contributed by atoms with van der Waals surface area (Å²) in [5.74, 6) is -1.53. The van der Waals surface area contributed by atoms with Crippen LogP contribution >= 0.6 is 0 Å². The van der Waals surface area contributed by atoms with E-state index in [-0.39, 0.29) is 17.4 Å². The first-order chi connectivity index (χ1) is 8.16. The summed E-state index contributed by atoms with van der Waals surface area (Å²) < 4.78 is 23.8. The summed E-state index contributed by atoms with van der Waals surface area (Å²) in [5.41, 5.74) is -0.0158. The number of ether oxygens (including phenoxy) is 2. The first kappa shape index (κ1) is 11.9. The van der Waals surface area contributed by atoms with Gasteiger partial charge in [-0.05, 0) is 12.1 Å². The van der Waals surface area contributed by atoms with Crippen molar-refractivity contribution in [3.8, 4) is 5.75 Å². The number of hydrogen-bond acceptors (Lipinski definition) is 3. The normalized spacial score (nSPS) is 16.8. The molecule has 1 aliphatic rings. The summed E-state index contributed by atoms with van der Waals surface area (Å²) in [7, 11) is 0. The molecule has 1 N–H and O–H groups in total. The summed E-state index contributed by atoms with van der Waals surface area (Å²) in [4.78, 5) is 10.9. The Morgan fingerprint density at radius 2 is 2.12 bits per heavy atom. The zero-order valence-corrected chi connectivity index (χ0v) is 9.19. The predicted octanol–water partition coefficient (Wildman–Crippen LogP) is 2.08. The molecule has 0 radical (unpaired) electrons. The number of carbonyl (C=O) groups is 1. The Bertz CT molecular complexity index is 413. The lowest BCUT2D eigenvalue weighted by molar-refractivity contribution is 0.0247. The highest BCUT2D eigenvalue weighted by atomic mass is 19.1. The van der Waals surface area contributed by atoms with Gasteiger partial charge in [-0.25, -0.2) is 9.18 Å². The lowest BCUT2D eigenvalue weighted by atomic mass is 10.1. The Morgan fingerprint density at radius 3 is 2.76 bits per heavy atom. The van der Waals surface area contributed by atoms with E-state index in [1.165, 1.54) is 6.07 Å². The minimum Gasteiger partial charge on any atom is -0.489 e. The Kier molecular flexibility index (Phi) is 3.58. The molecule has 4 nitrogen and oxygen atoms in total. The van der Waals surface area contributed by atoms with Gasteiger partial charge in [-0.15, -0.1) is 0 Å². The molecule has 0 aromatic heterocycles. The van der Waals surface area contributed by atoms with Crippen LogP contribution in [0.25, 0.3) is 0 Å². The number of carboxylic acids is 1. The molecule has 1 heterocycles. The number of aromatic carboxylic acids is 1. The monoisotopic (exact) mass is 240 g/mol. The Balaban J connectivity index is 2.17. The van der Waals surface area contributed by atoms with Crippen LogP contribution in [0.1, 0.15) is 23.2 Å². The molecule has 0 spiro atoms. The molecule has 17 heavy (non-hydrogen) atoms. The van der Waals surface area contributed by atoms with Gasteiger partial charge in [-0.3, -0.25) is 0 Å². The Hall–Kier alpha value is -1.62. The largest absolute Gasteiger partial charge is 0.489 e. The number of rotatable bonds is 3. The smallest absolute Gasteiger partial charge is 0.339 e. The van der Waals surface area contributed by atoms with E-state index in [1.54, 1.807) is 0 Å². The second-order valence-corrected chi connectivity index (χ2v) is 3.88. The molecule has 2 rings (SSSR count). The summed E-state index contributed by atoms with van der Waals surface area (Å²) in [6, 6.07) is 3.44. The third-order valence-corrected chi connectivity index (χ3v) is 2.64. The molecule has 1 aromatic rings. The van der Waals surface area contributed by atoms with Crippen molar-refractivity contribution in [1.29, 1.82) is 0 Å². The van der Waals surface area contributed by atoms with Crippen molar-refractivity contribution >= 4 is 5.97 Å². The molecule has 0 amide bonds. The number of halogens is 1. The van der Waals surface area contributed by atoms with Crippen molar-refractivity contribution in [3.63, 3.8) is 0 Å². The van der Waals surface area contributed by atoms with E-state index >= 15 is 0 Å². The zero-order chi connectivity index (χ0) is 12.3. The standard InChI is InChI=1S/C12H13FO4/c13-8-1-2-10(12(14)15)11(7-8)17-9-3-5-16-6-4-9/h1-2,7,9H,3-6H2,(H,14,15). The molecule has 1 aromatic carbocycles. The van der Waals surface area contributed by atoms with E-state index in [1.807, 2.05) is 0 Å². The Morgan fingerprint density at radius 1 is 1.41 bits per heavy atom. The maximum atomic E-state index is 13.1. The van der Waals surface area contributed by atoms with Gasteiger partial charge >= 0.3 is 5.97 Å². The van der Waals surface area contributed by atoms with E-state index in [0.717, 1.165) is 12.1 Å². The summed E-state index contributed by atoms with van der Waals surface area (Å²) in [5, 5.41) is 8.96. The molecule has 0 saturated carbocycles. The third kappa shape index (κ3) is 2.94. The van der Waals surface area contributed by atoms with Crippen LogP contribution in [0.5, 0.6) is 5.75 Å². The van der Waals surface area contributed by atoms with E-state index in [4.69, 9.17) is 14.6 Å². The lowest BCUT2D eigenvalue weighted by Gasteiger charge is -2.24. The van der Waals surface area contributed by atoms with Crippen molar-refractivity contribution in [3.05, 3.63) is 29.6 Å². The van der Waals surface area contributed by atoms with Crippen LogP contribution in [0, 0.1) is 5.82 Å². The molecule has 1 aliphatic heterocycles. The molecule has 92 valence electrons. The van der Waals surface area contributed by atoms with E-state index < -0.39 is 11.8 Å². The Labute approximate surface area is 98.0 Å². The van der Waals surface area contributed by atoms with Crippen molar-refractivity contribution in [2.24, 2.45) is 0 Å². The number of carboxylic acid groups (broad SMARTS) is 1. The average Bonchev–Trinajstić information content (AvgIpc) is 2.30. The van der Waals surface area contributed by atoms with Gasteiger partial charge < -0.3 is 14.6 Å². The quantitative estimate of drug-likeness (QED) is 0.878. The fraction of sp³-hybridized carbons (Fsp3) is 0.417. The summed E-state index contributed by atoms with van der Waals surface area (Å²) in [6.45, 7) is 1.17. The summed E-state index contributed by atoms with van der Waals surface area (Å²) >= 11 is 0. The highest BCUT2D eigenvalue weighted by molar-refractivity contribution is 5.90. The molecular formula is C12H13FO4. The first-order valence-corrected chi connectivity index (χ1v) is 5.44. The summed E-state index contributed by atoms with van der Waals surface area (Å²) in [6.07, 6.45) is 1.27. The molecule has 5 heteroatoms. The number of benzene rings is 1. The predicted molar refractivity (Wildman–Crippen MR) is 57.8 cm³/mol. The van der Waals surface area contributed by atoms with Crippen LogP contribution in [-0.4, -0.2) is 30.4 Å². The maximum absolute atomic E-state index is 13.1. The van der Waals surface area contributed by atoms with Gasteiger partial charge in [0, 0.05) is 18.9 Å². The topological polar surface area (TPSA) is 55.8 Å². The van der Waals surface area contributed by atoms with Gasteiger partial charge in [-0.2, -0.15) is 0 Å².